The van der Waals surface area contributed by atoms with Gasteiger partial charge in [0.05, 0.1) is 0 Å². The summed E-state index contributed by atoms with van der Waals surface area (Å²) in [6.45, 7) is 1.68. The highest BCUT2D eigenvalue weighted by molar-refractivity contribution is 6.01. The molecule has 1 aromatic rings. The van der Waals surface area contributed by atoms with Crippen LogP contribution in [-0.4, -0.2) is 31.2 Å². The molecule has 0 aliphatic carbocycles. The standard InChI is InChI=1S/C15H17F3N2O/c1-10-8-11-4-2-3-5-12(11)20(10)13(21)14(15(16,17)18)6-7-19-9-14/h2-5,10,19H,6-9H2,1H3. The number of nitrogens with zero attached hydrogens (tertiary/aromatic N) is 1. The Morgan fingerprint density at radius 1 is 1.38 bits per heavy atom. The molecule has 6 heteroatoms. The normalized spacial score (nSPS) is 28.8. The summed E-state index contributed by atoms with van der Waals surface area (Å²) in [7, 11) is 0. The van der Waals surface area contributed by atoms with Crippen molar-refractivity contribution in [2.75, 3.05) is 18.0 Å². The quantitative estimate of drug-likeness (QED) is 0.864. The molecule has 0 spiro atoms. The van der Waals surface area contributed by atoms with Crippen LogP contribution in [0.2, 0.25) is 0 Å². The van der Waals surface area contributed by atoms with E-state index in [1.807, 2.05) is 12.1 Å². The third kappa shape index (κ3) is 2.04. The molecule has 0 aromatic heterocycles. The van der Waals surface area contributed by atoms with Crippen molar-refractivity contribution in [1.82, 2.24) is 5.32 Å². The lowest BCUT2D eigenvalue weighted by molar-refractivity contribution is -0.214. The summed E-state index contributed by atoms with van der Waals surface area (Å²) < 4.78 is 40.6. The maximum Gasteiger partial charge on any atom is 0.404 e. The van der Waals surface area contributed by atoms with Gasteiger partial charge in [0.25, 0.3) is 0 Å². The zero-order valence-electron chi connectivity index (χ0n) is 11.7. The van der Waals surface area contributed by atoms with Crippen molar-refractivity contribution >= 4 is 11.6 Å². The van der Waals surface area contributed by atoms with Crippen molar-refractivity contribution in [2.24, 2.45) is 5.41 Å². The van der Waals surface area contributed by atoms with Crippen LogP contribution >= 0.6 is 0 Å². The van der Waals surface area contributed by atoms with Crippen molar-refractivity contribution in [3.05, 3.63) is 29.8 Å². The maximum atomic E-state index is 13.5. The molecular weight excluding hydrogens is 281 g/mol. The van der Waals surface area contributed by atoms with E-state index in [0.29, 0.717) is 12.1 Å². The third-order valence-corrected chi connectivity index (χ3v) is 4.53. The molecule has 3 nitrogen and oxygen atoms in total. The second kappa shape index (κ2) is 4.73. The average molecular weight is 298 g/mol. The zero-order chi connectivity index (χ0) is 15.3. The predicted molar refractivity (Wildman–Crippen MR) is 73.1 cm³/mol. The Kier molecular flexibility index (Phi) is 3.24. The van der Waals surface area contributed by atoms with E-state index < -0.39 is 17.5 Å². The number of fused-ring (bicyclic) bond motifs is 1. The van der Waals surface area contributed by atoms with E-state index in [1.54, 1.807) is 19.1 Å². The number of halogens is 3. The Hall–Kier alpha value is -1.56. The molecule has 2 atom stereocenters. The molecule has 3 rings (SSSR count). The molecule has 0 saturated carbocycles. The summed E-state index contributed by atoms with van der Waals surface area (Å²) in [6.07, 6.45) is -4.13. The summed E-state index contributed by atoms with van der Waals surface area (Å²) in [4.78, 5) is 14.1. The van der Waals surface area contributed by atoms with E-state index in [0.717, 1.165) is 5.56 Å². The van der Waals surface area contributed by atoms with Crippen LogP contribution in [0.25, 0.3) is 0 Å². The van der Waals surface area contributed by atoms with Crippen LogP contribution in [0.5, 0.6) is 0 Å². The molecule has 2 unspecified atom stereocenters. The van der Waals surface area contributed by atoms with Gasteiger partial charge in [0.1, 0.15) is 0 Å². The SMILES string of the molecule is CC1Cc2ccccc2N1C(=O)C1(C(F)(F)F)CCNC1. The van der Waals surface area contributed by atoms with Gasteiger partial charge in [-0.25, -0.2) is 0 Å². The van der Waals surface area contributed by atoms with E-state index >= 15 is 0 Å². The van der Waals surface area contributed by atoms with Gasteiger partial charge in [-0.15, -0.1) is 0 Å². The molecule has 1 aromatic carbocycles. The first-order chi connectivity index (χ1) is 9.87. The highest BCUT2D eigenvalue weighted by atomic mass is 19.4. The molecule has 0 radical (unpaired) electrons. The second-order valence-corrected chi connectivity index (χ2v) is 5.86. The number of alkyl halides is 3. The zero-order valence-corrected chi connectivity index (χ0v) is 11.7. The minimum Gasteiger partial charge on any atom is -0.315 e. The lowest BCUT2D eigenvalue weighted by atomic mass is 9.84. The molecule has 21 heavy (non-hydrogen) atoms. The van der Waals surface area contributed by atoms with Gasteiger partial charge in [0.2, 0.25) is 5.91 Å². The smallest absolute Gasteiger partial charge is 0.315 e. The molecule has 1 saturated heterocycles. The number of rotatable bonds is 1. The highest BCUT2D eigenvalue weighted by Crippen LogP contribution is 2.47. The number of benzene rings is 1. The fourth-order valence-corrected chi connectivity index (χ4v) is 3.34. The van der Waals surface area contributed by atoms with Crippen LogP contribution < -0.4 is 10.2 Å². The fraction of sp³-hybridized carbons (Fsp3) is 0.533. The Morgan fingerprint density at radius 3 is 2.71 bits per heavy atom. The van der Waals surface area contributed by atoms with Gasteiger partial charge in [-0.3, -0.25) is 4.79 Å². The highest BCUT2D eigenvalue weighted by Gasteiger charge is 2.63. The van der Waals surface area contributed by atoms with Gasteiger partial charge < -0.3 is 10.2 Å². The summed E-state index contributed by atoms with van der Waals surface area (Å²) in [5.41, 5.74) is -0.745. The Labute approximate surface area is 121 Å². The Bertz CT molecular complexity index is 564. The fourth-order valence-electron chi connectivity index (χ4n) is 3.34. The first kappa shape index (κ1) is 14.4. The van der Waals surface area contributed by atoms with E-state index in [-0.39, 0.29) is 25.6 Å². The Morgan fingerprint density at radius 2 is 2.10 bits per heavy atom. The van der Waals surface area contributed by atoms with Crippen LogP contribution in [0.3, 0.4) is 0 Å². The van der Waals surface area contributed by atoms with Gasteiger partial charge in [-0.05, 0) is 37.9 Å². The number of hydrogen-bond donors (Lipinski definition) is 1. The average Bonchev–Trinajstić information content (AvgIpc) is 3.01. The molecule has 2 aliphatic rings. The van der Waals surface area contributed by atoms with Crippen molar-refractivity contribution in [3.8, 4) is 0 Å². The number of anilines is 1. The van der Waals surface area contributed by atoms with Crippen molar-refractivity contribution in [1.29, 1.82) is 0 Å². The summed E-state index contributed by atoms with van der Waals surface area (Å²) in [5.74, 6) is -0.822. The summed E-state index contributed by atoms with van der Waals surface area (Å²) in [6, 6.07) is 6.95. The number of hydrogen-bond acceptors (Lipinski definition) is 2. The molecule has 1 amide bonds. The second-order valence-electron chi connectivity index (χ2n) is 5.86. The maximum absolute atomic E-state index is 13.5. The van der Waals surface area contributed by atoms with Crippen molar-refractivity contribution in [3.63, 3.8) is 0 Å². The summed E-state index contributed by atoms with van der Waals surface area (Å²) in [5, 5.41) is 2.70. The molecule has 0 bridgehead atoms. The van der Waals surface area contributed by atoms with Crippen molar-refractivity contribution in [2.45, 2.75) is 32.0 Å². The topological polar surface area (TPSA) is 32.3 Å². The monoisotopic (exact) mass is 298 g/mol. The van der Waals surface area contributed by atoms with E-state index in [4.69, 9.17) is 0 Å². The number of amides is 1. The minimum absolute atomic E-state index is 0.194. The first-order valence-electron chi connectivity index (χ1n) is 7.06. The van der Waals surface area contributed by atoms with Gasteiger partial charge in [0, 0.05) is 18.3 Å². The van der Waals surface area contributed by atoms with E-state index in [1.165, 1.54) is 4.90 Å². The molecule has 2 aliphatic heterocycles. The van der Waals surface area contributed by atoms with Crippen LogP contribution in [0.1, 0.15) is 18.9 Å². The first-order valence-corrected chi connectivity index (χ1v) is 7.06. The number of carbonyl (C=O) groups excluding carboxylic acids is 1. The lowest BCUT2D eigenvalue weighted by Crippen LogP contribution is -2.55. The van der Waals surface area contributed by atoms with Crippen LogP contribution in [0.4, 0.5) is 18.9 Å². The minimum atomic E-state index is -4.54. The molecule has 114 valence electrons. The Balaban J connectivity index is 2.02. The van der Waals surface area contributed by atoms with Crippen LogP contribution in [0, 0.1) is 5.41 Å². The van der Waals surface area contributed by atoms with Gasteiger partial charge in [0.15, 0.2) is 5.41 Å². The van der Waals surface area contributed by atoms with E-state index in [2.05, 4.69) is 5.32 Å². The predicted octanol–water partition coefficient (Wildman–Crippen LogP) is 2.51. The molecule has 2 heterocycles. The van der Waals surface area contributed by atoms with Crippen LogP contribution in [0.15, 0.2) is 24.3 Å². The molecule has 1 N–H and O–H groups in total. The summed E-state index contributed by atoms with van der Waals surface area (Å²) >= 11 is 0. The van der Waals surface area contributed by atoms with Gasteiger partial charge in [-0.1, -0.05) is 18.2 Å². The largest absolute Gasteiger partial charge is 0.404 e. The van der Waals surface area contributed by atoms with E-state index in [9.17, 15) is 18.0 Å². The number of carbonyl (C=O) groups is 1. The number of para-hydroxylation sites is 1. The number of nitrogens with one attached hydrogen (secondary N) is 1. The van der Waals surface area contributed by atoms with Gasteiger partial charge in [-0.2, -0.15) is 13.2 Å². The van der Waals surface area contributed by atoms with Gasteiger partial charge >= 0.3 is 6.18 Å². The third-order valence-electron chi connectivity index (χ3n) is 4.53. The molecule has 1 fully saturated rings. The lowest BCUT2D eigenvalue weighted by Gasteiger charge is -2.35. The van der Waals surface area contributed by atoms with Crippen LogP contribution in [-0.2, 0) is 11.2 Å². The molecular formula is C15H17F3N2O. The van der Waals surface area contributed by atoms with Crippen molar-refractivity contribution < 1.29 is 18.0 Å².